The zero-order chi connectivity index (χ0) is 7.90. The van der Waals surface area contributed by atoms with E-state index in [-0.39, 0.29) is 5.79 Å². The first kappa shape index (κ1) is 7.77. The van der Waals surface area contributed by atoms with Crippen molar-refractivity contribution < 1.29 is 9.16 Å². The van der Waals surface area contributed by atoms with E-state index in [1.54, 1.807) is 0 Å². The molecule has 63 valence electrons. The fourth-order valence-electron chi connectivity index (χ4n) is 1.81. The van der Waals surface area contributed by atoms with Gasteiger partial charge in [0.1, 0.15) is 0 Å². The van der Waals surface area contributed by atoms with Gasteiger partial charge in [-0.3, -0.25) is 0 Å². The number of hydrogen-bond acceptors (Lipinski definition) is 2. The van der Waals surface area contributed by atoms with Gasteiger partial charge < -0.3 is 9.16 Å². The van der Waals surface area contributed by atoms with Crippen molar-refractivity contribution in [1.29, 1.82) is 0 Å². The second kappa shape index (κ2) is 2.57. The average molecular weight is 171 g/mol. The lowest BCUT2D eigenvalue weighted by atomic mass is 10.2. The zero-order valence-electron chi connectivity index (χ0n) is 7.22. The lowest BCUT2D eigenvalue weighted by molar-refractivity contribution is -0.208. The van der Waals surface area contributed by atoms with E-state index >= 15 is 0 Å². The Labute approximate surface area is 69.6 Å². The Kier molecular flexibility index (Phi) is 1.82. The van der Waals surface area contributed by atoms with E-state index < -0.39 is 9.04 Å². The van der Waals surface area contributed by atoms with Gasteiger partial charge >= 0.3 is 0 Å². The standard InChI is InChI=1S/C8H15O2Si/c1-3-8(2)9-7-4-5-11(6-7)10-8/h7H,3-6H2,1-2H3. The van der Waals surface area contributed by atoms with Crippen molar-refractivity contribution in [2.75, 3.05) is 0 Å². The first-order chi connectivity index (χ1) is 5.22. The largest absolute Gasteiger partial charge is 0.390 e. The Morgan fingerprint density at radius 2 is 2.45 bits per heavy atom. The van der Waals surface area contributed by atoms with E-state index in [1.165, 1.54) is 18.5 Å². The van der Waals surface area contributed by atoms with Crippen LogP contribution >= 0.6 is 0 Å². The summed E-state index contributed by atoms with van der Waals surface area (Å²) in [6.07, 6.45) is 2.75. The fraction of sp³-hybridized carbons (Fsp3) is 1.00. The molecule has 11 heavy (non-hydrogen) atoms. The van der Waals surface area contributed by atoms with Gasteiger partial charge in [-0.15, -0.1) is 0 Å². The molecule has 0 saturated carbocycles. The summed E-state index contributed by atoms with van der Waals surface area (Å²) in [4.78, 5) is 0. The predicted octanol–water partition coefficient (Wildman–Crippen LogP) is 1.92. The molecule has 2 bridgehead atoms. The van der Waals surface area contributed by atoms with Gasteiger partial charge in [-0.2, -0.15) is 0 Å². The molecular formula is C8H15O2Si. The normalized spacial score (nSPS) is 44.7. The Morgan fingerprint density at radius 1 is 1.64 bits per heavy atom. The summed E-state index contributed by atoms with van der Waals surface area (Å²) >= 11 is 0. The minimum atomic E-state index is -0.457. The summed E-state index contributed by atoms with van der Waals surface area (Å²) in [5.41, 5.74) is 0. The van der Waals surface area contributed by atoms with Gasteiger partial charge in [0.2, 0.25) is 9.04 Å². The van der Waals surface area contributed by atoms with E-state index in [9.17, 15) is 0 Å². The van der Waals surface area contributed by atoms with E-state index in [4.69, 9.17) is 9.16 Å². The highest BCUT2D eigenvalue weighted by Crippen LogP contribution is 2.37. The summed E-state index contributed by atoms with van der Waals surface area (Å²) in [5.74, 6) is -0.228. The topological polar surface area (TPSA) is 18.5 Å². The highest BCUT2D eigenvalue weighted by Gasteiger charge is 2.43. The molecule has 2 aliphatic rings. The van der Waals surface area contributed by atoms with Crippen molar-refractivity contribution in [2.24, 2.45) is 0 Å². The quantitative estimate of drug-likeness (QED) is 0.561. The molecule has 2 saturated heterocycles. The van der Waals surface area contributed by atoms with Crippen LogP contribution in [-0.2, 0) is 9.16 Å². The van der Waals surface area contributed by atoms with E-state index in [1.807, 2.05) is 0 Å². The van der Waals surface area contributed by atoms with Crippen LogP contribution in [0, 0.1) is 0 Å². The predicted molar refractivity (Wildman–Crippen MR) is 44.6 cm³/mol. The molecule has 2 aliphatic heterocycles. The number of rotatable bonds is 1. The molecule has 2 fully saturated rings. The Balaban J connectivity index is 2.07. The van der Waals surface area contributed by atoms with Crippen molar-refractivity contribution in [1.82, 2.24) is 0 Å². The molecule has 2 nitrogen and oxygen atoms in total. The molecule has 2 heterocycles. The molecule has 3 heteroatoms. The Hall–Kier alpha value is 0.137. The maximum Gasteiger partial charge on any atom is 0.218 e. The van der Waals surface area contributed by atoms with Gasteiger partial charge in [-0.25, -0.2) is 0 Å². The third-order valence-electron chi connectivity index (χ3n) is 2.62. The smallest absolute Gasteiger partial charge is 0.218 e. The number of hydrogen-bond donors (Lipinski definition) is 0. The molecule has 2 unspecified atom stereocenters. The molecule has 0 aromatic rings. The van der Waals surface area contributed by atoms with Gasteiger partial charge in [-0.05, 0) is 31.9 Å². The minimum Gasteiger partial charge on any atom is -0.390 e. The van der Waals surface area contributed by atoms with Gasteiger partial charge in [0.25, 0.3) is 0 Å². The maximum atomic E-state index is 5.89. The van der Waals surface area contributed by atoms with Crippen LogP contribution in [0.25, 0.3) is 0 Å². The van der Waals surface area contributed by atoms with Crippen LogP contribution in [0.4, 0.5) is 0 Å². The molecule has 0 spiro atoms. The SMILES string of the molecule is CCC1(C)OC2CC[Si](C2)O1. The molecule has 2 rings (SSSR count). The Morgan fingerprint density at radius 3 is 3.09 bits per heavy atom. The lowest BCUT2D eigenvalue weighted by Crippen LogP contribution is -2.43. The molecule has 0 aromatic heterocycles. The van der Waals surface area contributed by atoms with Crippen molar-refractivity contribution >= 4 is 9.04 Å². The monoisotopic (exact) mass is 171 g/mol. The first-order valence-corrected chi connectivity index (χ1v) is 6.25. The van der Waals surface area contributed by atoms with Gasteiger partial charge in [0, 0.05) is 0 Å². The van der Waals surface area contributed by atoms with Crippen LogP contribution in [0.1, 0.15) is 26.7 Å². The molecule has 1 radical (unpaired) electrons. The number of fused-ring (bicyclic) bond motifs is 2. The van der Waals surface area contributed by atoms with Crippen molar-refractivity contribution in [3.8, 4) is 0 Å². The highest BCUT2D eigenvalue weighted by atomic mass is 28.3. The van der Waals surface area contributed by atoms with Crippen LogP contribution in [-0.4, -0.2) is 20.9 Å². The third kappa shape index (κ3) is 1.37. The van der Waals surface area contributed by atoms with Crippen LogP contribution < -0.4 is 0 Å². The second-order valence-corrected chi connectivity index (χ2v) is 5.80. The summed E-state index contributed by atoms with van der Waals surface area (Å²) in [7, 11) is -0.457. The van der Waals surface area contributed by atoms with E-state index in [2.05, 4.69) is 13.8 Å². The molecule has 0 N–H and O–H groups in total. The van der Waals surface area contributed by atoms with E-state index in [0.717, 1.165) is 6.42 Å². The average Bonchev–Trinajstić information content (AvgIpc) is 2.31. The zero-order valence-corrected chi connectivity index (χ0v) is 8.22. The van der Waals surface area contributed by atoms with Crippen LogP contribution in [0.15, 0.2) is 0 Å². The molecule has 2 atom stereocenters. The van der Waals surface area contributed by atoms with E-state index in [0.29, 0.717) is 6.10 Å². The maximum absolute atomic E-state index is 5.89. The van der Waals surface area contributed by atoms with Gasteiger partial charge in [-0.1, -0.05) is 6.92 Å². The van der Waals surface area contributed by atoms with Gasteiger partial charge in [0.15, 0.2) is 5.79 Å². The van der Waals surface area contributed by atoms with Crippen LogP contribution in [0.3, 0.4) is 0 Å². The lowest BCUT2D eigenvalue weighted by Gasteiger charge is -2.37. The second-order valence-electron chi connectivity index (χ2n) is 3.61. The molecule has 0 aromatic carbocycles. The highest BCUT2D eigenvalue weighted by molar-refractivity contribution is 6.53. The Bertz CT molecular complexity index is 148. The van der Waals surface area contributed by atoms with Crippen molar-refractivity contribution in [3.63, 3.8) is 0 Å². The van der Waals surface area contributed by atoms with Crippen LogP contribution in [0.5, 0.6) is 0 Å². The molecular weight excluding hydrogens is 156 g/mol. The minimum absolute atomic E-state index is 0.228. The summed E-state index contributed by atoms with van der Waals surface area (Å²) in [6, 6.07) is 2.52. The first-order valence-electron chi connectivity index (χ1n) is 4.43. The van der Waals surface area contributed by atoms with Gasteiger partial charge in [0.05, 0.1) is 6.10 Å². The summed E-state index contributed by atoms with van der Waals surface area (Å²) in [5, 5.41) is 0. The third-order valence-corrected chi connectivity index (χ3v) is 5.10. The summed E-state index contributed by atoms with van der Waals surface area (Å²) in [6.45, 7) is 4.21. The molecule has 0 aliphatic carbocycles. The summed E-state index contributed by atoms with van der Waals surface area (Å²) < 4.78 is 11.7. The van der Waals surface area contributed by atoms with Crippen molar-refractivity contribution in [2.45, 2.75) is 50.7 Å². The number of ether oxygens (including phenoxy) is 1. The van der Waals surface area contributed by atoms with Crippen molar-refractivity contribution in [3.05, 3.63) is 0 Å². The molecule has 0 amide bonds. The fourth-order valence-corrected chi connectivity index (χ4v) is 4.44. The van der Waals surface area contributed by atoms with Crippen LogP contribution in [0.2, 0.25) is 12.1 Å².